The second-order valence-electron chi connectivity index (χ2n) is 7.29. The summed E-state index contributed by atoms with van der Waals surface area (Å²) < 4.78 is 0. The molecular weight excluding hydrogens is 312 g/mol. The largest absolute Gasteiger partial charge is 0.311 e. The van der Waals surface area contributed by atoms with E-state index in [1.807, 2.05) is 11.0 Å². The van der Waals surface area contributed by atoms with Crippen LogP contribution in [-0.2, 0) is 11.3 Å². The zero-order chi connectivity index (χ0) is 17.3. The van der Waals surface area contributed by atoms with Crippen molar-refractivity contribution >= 4 is 11.6 Å². The Morgan fingerprint density at radius 3 is 2.96 bits per heavy atom. The quantitative estimate of drug-likeness (QED) is 0.774. The van der Waals surface area contributed by atoms with Gasteiger partial charge >= 0.3 is 0 Å². The molecule has 3 aliphatic rings. The van der Waals surface area contributed by atoms with Crippen molar-refractivity contribution in [2.45, 2.75) is 56.8 Å². The number of nitrogens with zero attached hydrogens (tertiary/aromatic N) is 4. The van der Waals surface area contributed by atoms with E-state index in [0.717, 1.165) is 31.7 Å². The zero-order valence-electron chi connectivity index (χ0n) is 14.5. The molecule has 3 heterocycles. The Morgan fingerprint density at radius 1 is 1.32 bits per heavy atom. The zero-order valence-corrected chi connectivity index (χ0v) is 14.5. The van der Waals surface area contributed by atoms with Crippen LogP contribution in [-0.4, -0.2) is 35.6 Å². The van der Waals surface area contributed by atoms with Crippen molar-refractivity contribution < 1.29 is 4.79 Å². The number of anilines is 1. The summed E-state index contributed by atoms with van der Waals surface area (Å²) in [6.07, 6.45) is 10.3. The molecule has 0 N–H and O–H groups in total. The van der Waals surface area contributed by atoms with Crippen molar-refractivity contribution in [3.05, 3.63) is 29.8 Å². The van der Waals surface area contributed by atoms with Gasteiger partial charge in [0.2, 0.25) is 5.91 Å². The summed E-state index contributed by atoms with van der Waals surface area (Å²) in [6.45, 7) is 2.87. The van der Waals surface area contributed by atoms with E-state index in [1.165, 1.54) is 18.4 Å². The van der Waals surface area contributed by atoms with Gasteiger partial charge in [0.05, 0.1) is 0 Å². The van der Waals surface area contributed by atoms with Gasteiger partial charge in [0.1, 0.15) is 0 Å². The summed E-state index contributed by atoms with van der Waals surface area (Å²) in [5.41, 5.74) is 1.94. The molecule has 1 saturated heterocycles. The summed E-state index contributed by atoms with van der Waals surface area (Å²) in [5, 5.41) is 8.31. The van der Waals surface area contributed by atoms with Gasteiger partial charge in [-0.25, -0.2) is 0 Å². The molecule has 130 valence electrons. The fourth-order valence-electron chi connectivity index (χ4n) is 4.09. The molecule has 0 spiro atoms. The average molecular weight is 336 g/mol. The Hall–Kier alpha value is -2.19. The second-order valence-corrected chi connectivity index (χ2v) is 7.29. The molecule has 3 aliphatic heterocycles. The van der Waals surface area contributed by atoms with Crippen molar-refractivity contribution in [3.8, 4) is 12.3 Å². The first-order valence-corrected chi connectivity index (χ1v) is 9.21. The van der Waals surface area contributed by atoms with E-state index < -0.39 is 0 Å². The molecule has 0 saturated carbocycles. The van der Waals surface area contributed by atoms with Gasteiger partial charge in [0.15, 0.2) is 5.66 Å². The summed E-state index contributed by atoms with van der Waals surface area (Å²) in [6, 6.07) is 8.79. The van der Waals surface area contributed by atoms with Crippen LogP contribution in [0, 0.1) is 12.3 Å². The van der Waals surface area contributed by atoms with Crippen LogP contribution in [0.4, 0.5) is 5.69 Å². The molecule has 1 fully saturated rings. The maximum Gasteiger partial charge on any atom is 0.227 e. The van der Waals surface area contributed by atoms with Gasteiger partial charge in [-0.15, -0.1) is 12.3 Å². The minimum atomic E-state index is -0.382. The highest BCUT2D eigenvalue weighted by Gasteiger charge is 2.40. The number of rotatable bonds is 5. The molecule has 0 aromatic heterocycles. The highest BCUT2D eigenvalue weighted by atomic mass is 16.2. The van der Waals surface area contributed by atoms with E-state index in [4.69, 9.17) is 6.42 Å². The van der Waals surface area contributed by atoms with Gasteiger partial charge in [-0.05, 0) is 31.0 Å². The van der Waals surface area contributed by atoms with Gasteiger partial charge in [0.25, 0.3) is 0 Å². The maximum absolute atomic E-state index is 13.0. The molecule has 0 bridgehead atoms. The Bertz CT molecular complexity index is 729. The van der Waals surface area contributed by atoms with E-state index in [-0.39, 0.29) is 11.6 Å². The number of carbonyl (C=O) groups is 1. The fraction of sp³-hybridized carbons (Fsp3) is 0.550. The molecule has 1 aromatic carbocycles. The molecule has 0 aliphatic carbocycles. The van der Waals surface area contributed by atoms with Crippen molar-refractivity contribution in [2.75, 3.05) is 18.0 Å². The second kappa shape index (κ2) is 6.61. The van der Waals surface area contributed by atoms with Crippen molar-refractivity contribution in [3.63, 3.8) is 0 Å². The van der Waals surface area contributed by atoms with Crippen molar-refractivity contribution in [1.29, 1.82) is 0 Å². The lowest BCUT2D eigenvalue weighted by Crippen LogP contribution is -2.40. The maximum atomic E-state index is 13.0. The molecule has 5 nitrogen and oxygen atoms in total. The predicted molar refractivity (Wildman–Crippen MR) is 97.1 cm³/mol. The lowest BCUT2D eigenvalue weighted by atomic mass is 10.0. The minimum Gasteiger partial charge on any atom is -0.311 e. The van der Waals surface area contributed by atoms with Crippen LogP contribution in [0.15, 0.2) is 34.5 Å². The molecular formula is C20H24N4O. The van der Waals surface area contributed by atoms with Gasteiger partial charge in [-0.1, -0.05) is 18.2 Å². The number of carbonyl (C=O) groups excluding carboxylic acids is 1. The molecule has 1 atom stereocenters. The van der Waals surface area contributed by atoms with E-state index >= 15 is 0 Å². The number of para-hydroxylation sites is 1. The van der Waals surface area contributed by atoms with Gasteiger partial charge in [-0.3, -0.25) is 9.69 Å². The molecule has 5 heteroatoms. The Balaban J connectivity index is 1.48. The third-order valence-electron chi connectivity index (χ3n) is 5.64. The van der Waals surface area contributed by atoms with Crippen LogP contribution in [0.2, 0.25) is 0 Å². The molecule has 1 unspecified atom stereocenters. The van der Waals surface area contributed by atoms with Gasteiger partial charge in [-0.2, -0.15) is 10.2 Å². The third-order valence-corrected chi connectivity index (χ3v) is 5.64. The van der Waals surface area contributed by atoms with E-state index in [1.54, 1.807) is 0 Å². The van der Waals surface area contributed by atoms with Crippen LogP contribution in [0.25, 0.3) is 0 Å². The molecule has 0 radical (unpaired) electrons. The summed E-state index contributed by atoms with van der Waals surface area (Å²) >= 11 is 0. The normalized spacial score (nSPS) is 23.5. The topological polar surface area (TPSA) is 48.3 Å². The first-order chi connectivity index (χ1) is 12.2. The van der Waals surface area contributed by atoms with E-state index in [0.29, 0.717) is 25.3 Å². The van der Waals surface area contributed by atoms with Crippen LogP contribution < -0.4 is 4.90 Å². The number of hydrogen-bond donors (Lipinski definition) is 0. The minimum absolute atomic E-state index is 0.179. The monoisotopic (exact) mass is 336 g/mol. The molecule has 25 heavy (non-hydrogen) atoms. The van der Waals surface area contributed by atoms with E-state index in [2.05, 4.69) is 39.2 Å². The number of amides is 1. The summed E-state index contributed by atoms with van der Waals surface area (Å²) in [5.74, 6) is 2.82. The lowest BCUT2D eigenvalue weighted by Gasteiger charge is -2.26. The number of benzene rings is 1. The summed E-state index contributed by atoms with van der Waals surface area (Å²) in [4.78, 5) is 17.6. The Labute approximate surface area is 149 Å². The Kier molecular flexibility index (Phi) is 4.30. The van der Waals surface area contributed by atoms with Gasteiger partial charge < -0.3 is 4.90 Å². The molecule has 4 rings (SSSR count). The van der Waals surface area contributed by atoms with Gasteiger partial charge in [0, 0.05) is 50.5 Å². The highest BCUT2D eigenvalue weighted by Crippen LogP contribution is 2.38. The lowest BCUT2D eigenvalue weighted by molar-refractivity contribution is -0.119. The average Bonchev–Trinajstić information content (AvgIpc) is 3.32. The highest BCUT2D eigenvalue weighted by molar-refractivity contribution is 5.94. The van der Waals surface area contributed by atoms with Crippen molar-refractivity contribution in [1.82, 2.24) is 4.90 Å². The van der Waals surface area contributed by atoms with Crippen molar-refractivity contribution in [2.24, 2.45) is 10.2 Å². The van der Waals surface area contributed by atoms with Crippen LogP contribution >= 0.6 is 0 Å². The first-order valence-electron chi connectivity index (χ1n) is 9.21. The molecule has 1 aromatic rings. The first kappa shape index (κ1) is 16.3. The van der Waals surface area contributed by atoms with Crippen LogP contribution in [0.1, 0.15) is 44.1 Å². The third kappa shape index (κ3) is 3.32. The standard InChI is InChI=1S/C20H24N4O/c1-2-3-11-20(21-22-20)12-10-19(25)24-15-17-8-6-13-23(17)14-16-7-4-5-9-18(16)24/h1,4-5,7,9,17H,3,6,8,10-15H2. The van der Waals surface area contributed by atoms with Crippen LogP contribution in [0.5, 0.6) is 0 Å². The van der Waals surface area contributed by atoms with E-state index in [9.17, 15) is 4.79 Å². The SMILES string of the molecule is C#CCCC1(CCC(=O)N2CC3CCCN3Cc3ccccc32)N=N1. The van der Waals surface area contributed by atoms with Crippen LogP contribution in [0.3, 0.4) is 0 Å². The number of fused-ring (bicyclic) bond motifs is 2. The fourth-order valence-corrected chi connectivity index (χ4v) is 4.09. The number of hydrogen-bond acceptors (Lipinski definition) is 4. The Morgan fingerprint density at radius 2 is 2.16 bits per heavy atom. The predicted octanol–water partition coefficient (Wildman–Crippen LogP) is 3.35. The smallest absolute Gasteiger partial charge is 0.227 e. The molecule has 1 amide bonds. The number of terminal acetylenes is 1. The summed E-state index contributed by atoms with van der Waals surface area (Å²) in [7, 11) is 0.